The highest BCUT2D eigenvalue weighted by Crippen LogP contribution is 2.25. The third-order valence-electron chi connectivity index (χ3n) is 6.78. The lowest BCUT2D eigenvalue weighted by molar-refractivity contribution is -0.106. The number of unbranched alkanes of at least 4 members (excludes halogenated alkanes) is 2. The first-order chi connectivity index (χ1) is 23.2. The highest BCUT2D eigenvalue weighted by molar-refractivity contribution is 7.98. The second-order valence-electron chi connectivity index (χ2n) is 10.7. The normalized spacial score (nSPS) is 14.4. The zero-order chi connectivity index (χ0) is 36.2. The van der Waals surface area contributed by atoms with Crippen LogP contribution in [0.5, 0.6) is 5.75 Å². The molecule has 0 spiro atoms. The highest BCUT2D eigenvalue weighted by atomic mass is 32.2. The quantitative estimate of drug-likeness (QED) is 0.0722. The lowest BCUT2D eigenvalue weighted by Gasteiger charge is -2.36. The number of amidine groups is 1. The van der Waals surface area contributed by atoms with Crippen LogP contribution in [-0.4, -0.2) is 91.1 Å². The van der Waals surface area contributed by atoms with Crippen molar-refractivity contribution in [2.75, 3.05) is 47.6 Å². The minimum absolute atomic E-state index is 0.0176. The topological polar surface area (TPSA) is 159 Å². The summed E-state index contributed by atoms with van der Waals surface area (Å²) in [5.41, 5.74) is 11.9. The van der Waals surface area contributed by atoms with Crippen molar-refractivity contribution in [3.63, 3.8) is 0 Å². The summed E-state index contributed by atoms with van der Waals surface area (Å²) in [7, 11) is 4.73. The summed E-state index contributed by atoms with van der Waals surface area (Å²) in [6, 6.07) is 7.45. The maximum Gasteiger partial charge on any atom is 0.286 e. The first-order valence-electron chi connectivity index (χ1n) is 16.3. The molecule has 1 aliphatic heterocycles. The lowest BCUT2D eigenvalue weighted by atomic mass is 10.1. The van der Waals surface area contributed by atoms with Crippen LogP contribution in [0.25, 0.3) is 0 Å². The van der Waals surface area contributed by atoms with Gasteiger partial charge in [0.05, 0.1) is 25.1 Å². The predicted octanol–water partition coefficient (Wildman–Crippen LogP) is 5.50. The summed E-state index contributed by atoms with van der Waals surface area (Å²) in [6.45, 7) is 16.5. The van der Waals surface area contributed by atoms with Gasteiger partial charge >= 0.3 is 0 Å². The minimum atomic E-state index is -0.0238. The zero-order valence-electron chi connectivity index (χ0n) is 29.9. The average Bonchev–Trinajstić information content (AvgIpc) is 3.48. The number of imidazole rings is 1. The molecule has 270 valence electrons. The molecule has 0 bridgehead atoms. The number of allylic oxidation sites excluding steroid dienone is 2. The first kappa shape index (κ1) is 44.2. The molecule has 12 nitrogen and oxygen atoms in total. The van der Waals surface area contributed by atoms with Crippen molar-refractivity contribution < 1.29 is 23.8 Å². The van der Waals surface area contributed by atoms with Crippen molar-refractivity contribution in [1.82, 2.24) is 19.2 Å². The van der Waals surface area contributed by atoms with Crippen LogP contribution in [0.3, 0.4) is 0 Å². The Hall–Kier alpha value is -3.81. The Kier molecular flexibility index (Phi) is 26.0. The molecule has 1 unspecified atom stereocenters. The number of nitrogens with one attached hydrogen (secondary N) is 1. The van der Waals surface area contributed by atoms with Gasteiger partial charge in [0, 0.05) is 58.0 Å². The predicted molar refractivity (Wildman–Crippen MR) is 199 cm³/mol. The fourth-order valence-corrected chi connectivity index (χ4v) is 5.45. The van der Waals surface area contributed by atoms with Crippen LogP contribution in [0.2, 0.25) is 0 Å². The molecule has 3 rings (SSSR count). The van der Waals surface area contributed by atoms with Gasteiger partial charge in [0.15, 0.2) is 5.69 Å². The van der Waals surface area contributed by atoms with Crippen molar-refractivity contribution in [3.8, 4) is 5.75 Å². The fourth-order valence-electron chi connectivity index (χ4n) is 4.40. The number of primary amides is 1. The smallest absolute Gasteiger partial charge is 0.286 e. The summed E-state index contributed by atoms with van der Waals surface area (Å²) >= 11 is 1.74. The van der Waals surface area contributed by atoms with E-state index in [-0.39, 0.29) is 24.4 Å². The number of carbonyl (C=O) groups excluding carboxylic acids is 2. The molecule has 0 radical (unpaired) electrons. The summed E-state index contributed by atoms with van der Waals surface area (Å²) in [5.74, 6) is 0.711. The van der Waals surface area contributed by atoms with E-state index in [1.165, 1.54) is 26.4 Å². The number of hydrogen-bond donors (Lipinski definition) is 3. The van der Waals surface area contributed by atoms with Crippen LogP contribution < -0.4 is 21.5 Å². The molecule has 0 aliphatic carbocycles. The van der Waals surface area contributed by atoms with E-state index in [2.05, 4.69) is 63.7 Å². The molecular formula is C35H59N7O5S. The molecule has 2 amide bonds. The number of carbonyl (C=O) groups is 2. The van der Waals surface area contributed by atoms with E-state index in [4.69, 9.17) is 20.0 Å². The molecule has 2 atom stereocenters. The van der Waals surface area contributed by atoms with Gasteiger partial charge in [0.25, 0.3) is 11.9 Å². The SMILES string of the molecule is C=CCC.C=CCc1c(C(=O)N2CCNC[C@H]2CCOc2ccc(N=C(N)OC)cc2)ncn1SC(C)CCCCC.COC.NC=O. The molecule has 1 aliphatic rings. The Balaban J connectivity index is 0.00000195. The number of ether oxygens (including phenoxy) is 3. The number of methoxy groups -OCH3 is 2. The highest BCUT2D eigenvalue weighted by Gasteiger charge is 2.30. The Morgan fingerprint density at radius 2 is 1.83 bits per heavy atom. The van der Waals surface area contributed by atoms with Gasteiger partial charge < -0.3 is 35.9 Å². The van der Waals surface area contributed by atoms with Crippen LogP contribution in [0.4, 0.5) is 5.69 Å². The number of piperazine rings is 1. The van der Waals surface area contributed by atoms with Gasteiger partial charge in [-0.25, -0.2) is 4.98 Å². The van der Waals surface area contributed by atoms with Crippen molar-refractivity contribution in [2.45, 2.75) is 77.0 Å². The Morgan fingerprint density at radius 1 is 1.19 bits per heavy atom. The molecule has 48 heavy (non-hydrogen) atoms. The van der Waals surface area contributed by atoms with E-state index < -0.39 is 0 Å². The van der Waals surface area contributed by atoms with Crippen LogP contribution >= 0.6 is 11.9 Å². The second-order valence-corrected chi connectivity index (χ2v) is 12.1. The van der Waals surface area contributed by atoms with Gasteiger partial charge in [-0.2, -0.15) is 4.99 Å². The number of rotatable bonds is 15. The molecule has 5 N–H and O–H groups in total. The van der Waals surface area contributed by atoms with Crippen LogP contribution in [0.1, 0.15) is 75.5 Å². The van der Waals surface area contributed by atoms with E-state index in [0.29, 0.717) is 42.6 Å². The van der Waals surface area contributed by atoms with Gasteiger partial charge in [0.2, 0.25) is 6.41 Å². The first-order valence-corrected chi connectivity index (χ1v) is 17.2. The zero-order valence-corrected chi connectivity index (χ0v) is 30.7. The van der Waals surface area contributed by atoms with E-state index in [1.54, 1.807) is 32.5 Å². The van der Waals surface area contributed by atoms with Gasteiger partial charge in [-0.1, -0.05) is 52.2 Å². The summed E-state index contributed by atoms with van der Waals surface area (Å²) in [6.07, 6.45) is 13.0. The standard InChI is InChI=1S/C28H42N6O3S.C4H8.C2H6O.CH3NO/c1-5-7-8-10-21(3)38-34-20-31-26(25(34)9-6-2)27(35)33-17-16-30-19-23(33)15-18-37-24-13-11-22(12-14-24)32-28(29)36-4;1-3-4-2;1-3-2;2-1-3/h6,11-14,20-21,23,30H,2,5,7-10,15-19H2,1,3-4H3,(H2,29,32);3H,1,4H2,2H3;1-2H3;1H,(H2,2,3)/t21?,23-;;;/m1.../s1. The molecule has 1 fully saturated rings. The van der Waals surface area contributed by atoms with Gasteiger partial charge in [0.1, 0.15) is 12.1 Å². The largest absolute Gasteiger partial charge is 0.494 e. The minimum Gasteiger partial charge on any atom is -0.494 e. The number of benzene rings is 1. The van der Waals surface area contributed by atoms with Crippen LogP contribution in [0, 0.1) is 0 Å². The Morgan fingerprint density at radius 3 is 2.40 bits per heavy atom. The van der Waals surface area contributed by atoms with Crippen LogP contribution in [-0.2, 0) is 20.7 Å². The second kappa shape index (κ2) is 28.2. The van der Waals surface area contributed by atoms with E-state index in [0.717, 1.165) is 37.4 Å². The van der Waals surface area contributed by atoms with Crippen LogP contribution in [0.15, 0.2) is 60.9 Å². The van der Waals surface area contributed by atoms with Gasteiger partial charge in [-0.3, -0.25) is 13.6 Å². The monoisotopic (exact) mass is 689 g/mol. The third-order valence-corrected chi connectivity index (χ3v) is 7.92. The lowest BCUT2D eigenvalue weighted by Crippen LogP contribution is -2.54. The molecule has 2 heterocycles. The van der Waals surface area contributed by atoms with Crippen molar-refractivity contribution >= 4 is 36.0 Å². The van der Waals surface area contributed by atoms with Crippen molar-refractivity contribution in [1.29, 1.82) is 0 Å². The number of amides is 2. The number of nitrogens with two attached hydrogens (primary N) is 2. The molecule has 1 saturated heterocycles. The average molecular weight is 690 g/mol. The maximum atomic E-state index is 13.7. The number of hydrogen-bond acceptors (Lipinski definition) is 9. The van der Waals surface area contributed by atoms with Gasteiger partial charge in [-0.15, -0.1) is 13.2 Å². The molecule has 1 aromatic heterocycles. The van der Waals surface area contributed by atoms with E-state index in [9.17, 15) is 4.79 Å². The molecule has 1 aromatic carbocycles. The number of nitrogens with zero attached hydrogens (tertiary/aromatic N) is 4. The summed E-state index contributed by atoms with van der Waals surface area (Å²) in [4.78, 5) is 32.9. The molecule has 0 saturated carbocycles. The Labute approximate surface area is 292 Å². The third kappa shape index (κ3) is 17.9. The Bertz CT molecular complexity index is 1190. The van der Waals surface area contributed by atoms with Crippen molar-refractivity contribution in [2.24, 2.45) is 16.5 Å². The van der Waals surface area contributed by atoms with E-state index >= 15 is 0 Å². The van der Waals surface area contributed by atoms with E-state index in [1.807, 2.05) is 41.3 Å². The molecule has 13 heteroatoms. The molecular weight excluding hydrogens is 630 g/mol. The fraction of sp³-hybridized carbons (Fsp3) is 0.543. The number of aromatic nitrogens is 2. The molecule has 2 aromatic rings. The van der Waals surface area contributed by atoms with Crippen molar-refractivity contribution in [3.05, 3.63) is 67.3 Å². The van der Waals surface area contributed by atoms with Gasteiger partial charge in [-0.05, 0) is 49.1 Å². The number of aliphatic imine (C=N–C) groups is 1. The maximum absolute atomic E-state index is 13.7. The summed E-state index contributed by atoms with van der Waals surface area (Å²) in [5, 5.41) is 3.86. The summed E-state index contributed by atoms with van der Waals surface area (Å²) < 4.78 is 17.2.